The van der Waals surface area contributed by atoms with E-state index in [1.54, 1.807) is 18.2 Å². The van der Waals surface area contributed by atoms with Crippen LogP contribution < -0.4 is 0 Å². The van der Waals surface area contributed by atoms with Gasteiger partial charge in [0.1, 0.15) is 0 Å². The second-order valence-electron chi connectivity index (χ2n) is 4.96. The van der Waals surface area contributed by atoms with Gasteiger partial charge >= 0.3 is 12.1 Å². The first-order valence-electron chi connectivity index (χ1n) is 6.75. The molecule has 0 N–H and O–H groups in total. The fraction of sp³-hybridized carbons (Fsp3) is 0.125. The predicted octanol–water partition coefficient (Wildman–Crippen LogP) is 4.48. The third kappa shape index (κ3) is 2.82. The lowest BCUT2D eigenvalue weighted by atomic mass is 10.2. The summed E-state index contributed by atoms with van der Waals surface area (Å²) in [6, 6.07) is 9.27. The lowest BCUT2D eigenvalue weighted by Gasteiger charge is -2.08. The maximum Gasteiger partial charge on any atom is 0.416 e. The lowest BCUT2D eigenvalue weighted by molar-refractivity contribution is -0.137. The molecule has 0 amide bonds. The van der Waals surface area contributed by atoms with Gasteiger partial charge < -0.3 is 4.74 Å². The Bertz CT molecular complexity index is 917. The number of ether oxygens (including phenoxy) is 1. The van der Waals surface area contributed by atoms with Gasteiger partial charge in [-0.2, -0.15) is 18.3 Å². The second-order valence-corrected chi connectivity index (χ2v) is 5.39. The first kappa shape index (κ1) is 16.3. The van der Waals surface area contributed by atoms with Crippen molar-refractivity contribution in [3.8, 4) is 5.69 Å². The maximum atomic E-state index is 12.7. The van der Waals surface area contributed by atoms with Crippen LogP contribution in [0.15, 0.2) is 42.5 Å². The third-order valence-electron chi connectivity index (χ3n) is 3.46. The molecule has 4 nitrogen and oxygen atoms in total. The molecule has 1 heterocycles. The van der Waals surface area contributed by atoms with Crippen LogP contribution in [0, 0.1) is 0 Å². The zero-order chi connectivity index (χ0) is 17.5. The average molecular weight is 355 g/mol. The minimum absolute atomic E-state index is 0.0369. The minimum Gasteiger partial charge on any atom is -0.464 e. The van der Waals surface area contributed by atoms with Gasteiger partial charge in [0, 0.05) is 10.4 Å². The number of fused-ring (bicyclic) bond motifs is 1. The summed E-state index contributed by atoms with van der Waals surface area (Å²) < 4.78 is 44.1. The van der Waals surface area contributed by atoms with Crippen LogP contribution in [0.2, 0.25) is 5.02 Å². The Balaban J connectivity index is 2.18. The van der Waals surface area contributed by atoms with Gasteiger partial charge in [-0.05, 0) is 42.5 Å². The largest absolute Gasteiger partial charge is 0.464 e. The smallest absolute Gasteiger partial charge is 0.416 e. The first-order chi connectivity index (χ1) is 11.3. The molecule has 0 saturated heterocycles. The van der Waals surface area contributed by atoms with E-state index in [0.29, 0.717) is 21.6 Å². The number of methoxy groups -OCH3 is 1. The fourth-order valence-electron chi connectivity index (χ4n) is 2.33. The van der Waals surface area contributed by atoms with Gasteiger partial charge in [-0.1, -0.05) is 11.6 Å². The van der Waals surface area contributed by atoms with Gasteiger partial charge in [-0.25, -0.2) is 9.48 Å². The summed E-state index contributed by atoms with van der Waals surface area (Å²) in [4.78, 5) is 11.9. The van der Waals surface area contributed by atoms with Gasteiger partial charge in [-0.15, -0.1) is 0 Å². The average Bonchev–Trinajstić information content (AvgIpc) is 2.92. The van der Waals surface area contributed by atoms with E-state index < -0.39 is 17.7 Å². The molecule has 0 radical (unpaired) electrons. The number of benzene rings is 2. The summed E-state index contributed by atoms with van der Waals surface area (Å²) in [7, 11) is 1.22. The normalized spacial score (nSPS) is 11.7. The highest BCUT2D eigenvalue weighted by Crippen LogP contribution is 2.31. The lowest BCUT2D eigenvalue weighted by Crippen LogP contribution is -2.06. The van der Waals surface area contributed by atoms with Crippen molar-refractivity contribution in [2.75, 3.05) is 7.11 Å². The minimum atomic E-state index is -4.42. The van der Waals surface area contributed by atoms with Gasteiger partial charge in [0.15, 0.2) is 5.69 Å². The molecule has 0 unspecified atom stereocenters. The number of halogens is 4. The number of carbonyl (C=O) groups excluding carboxylic acids is 1. The number of rotatable bonds is 2. The molecule has 0 bridgehead atoms. The van der Waals surface area contributed by atoms with Crippen molar-refractivity contribution in [3.63, 3.8) is 0 Å². The molecule has 8 heteroatoms. The maximum absolute atomic E-state index is 12.7. The van der Waals surface area contributed by atoms with E-state index in [0.717, 1.165) is 12.1 Å². The summed E-state index contributed by atoms with van der Waals surface area (Å²) in [5.41, 5.74) is 0.180. The number of hydrogen-bond donors (Lipinski definition) is 0. The molecule has 124 valence electrons. The van der Waals surface area contributed by atoms with E-state index in [9.17, 15) is 18.0 Å². The molecule has 1 aromatic heterocycles. The van der Waals surface area contributed by atoms with E-state index in [1.165, 1.54) is 23.9 Å². The second kappa shape index (κ2) is 5.83. The standard InChI is InChI=1S/C16H10ClF3N2O2/c1-24-15(23)14-12-8-10(17)4-7-13(12)22(21-14)11-5-2-9(3-6-11)16(18,19)20/h2-8H,1H3. The highest BCUT2D eigenvalue weighted by molar-refractivity contribution is 6.31. The van der Waals surface area contributed by atoms with Gasteiger partial charge in [0.2, 0.25) is 0 Å². The molecule has 0 aliphatic heterocycles. The molecule has 3 aromatic rings. The number of hydrogen-bond acceptors (Lipinski definition) is 3. The van der Waals surface area contributed by atoms with Gasteiger partial charge in [-0.3, -0.25) is 0 Å². The van der Waals surface area contributed by atoms with Crippen LogP contribution in [0.4, 0.5) is 13.2 Å². The summed E-state index contributed by atoms with van der Waals surface area (Å²) in [6.07, 6.45) is -4.42. The number of aromatic nitrogens is 2. The Labute approximate surface area is 139 Å². The zero-order valence-electron chi connectivity index (χ0n) is 12.3. The van der Waals surface area contributed by atoms with Crippen LogP contribution in [-0.2, 0) is 10.9 Å². The summed E-state index contributed by atoms with van der Waals surface area (Å²) in [5, 5.41) is 5.02. The summed E-state index contributed by atoms with van der Waals surface area (Å²) in [5.74, 6) is -0.659. The number of carbonyl (C=O) groups is 1. The highest BCUT2D eigenvalue weighted by atomic mass is 35.5. The Hall–Kier alpha value is -2.54. The molecule has 0 spiro atoms. The van der Waals surface area contributed by atoms with Crippen LogP contribution in [0.25, 0.3) is 16.6 Å². The Morgan fingerprint density at radius 3 is 2.42 bits per heavy atom. The Morgan fingerprint density at radius 2 is 1.83 bits per heavy atom. The van der Waals surface area contributed by atoms with Crippen molar-refractivity contribution >= 4 is 28.5 Å². The van der Waals surface area contributed by atoms with Crippen molar-refractivity contribution in [2.45, 2.75) is 6.18 Å². The molecule has 0 aliphatic rings. The van der Waals surface area contributed by atoms with Crippen molar-refractivity contribution in [1.82, 2.24) is 9.78 Å². The van der Waals surface area contributed by atoms with Crippen LogP contribution in [0.1, 0.15) is 16.1 Å². The Morgan fingerprint density at radius 1 is 1.17 bits per heavy atom. The molecule has 2 aromatic carbocycles. The fourth-order valence-corrected chi connectivity index (χ4v) is 2.50. The number of nitrogens with zero attached hydrogens (tertiary/aromatic N) is 2. The molecule has 0 saturated carbocycles. The summed E-state index contributed by atoms with van der Waals surface area (Å²) in [6.45, 7) is 0. The highest BCUT2D eigenvalue weighted by Gasteiger charge is 2.30. The monoisotopic (exact) mass is 354 g/mol. The first-order valence-corrected chi connectivity index (χ1v) is 7.13. The van der Waals surface area contributed by atoms with E-state index in [4.69, 9.17) is 16.3 Å². The SMILES string of the molecule is COC(=O)c1nn(-c2ccc(C(F)(F)F)cc2)c2ccc(Cl)cc12. The van der Waals surface area contributed by atoms with Crippen molar-refractivity contribution in [3.05, 3.63) is 58.7 Å². The van der Waals surface area contributed by atoms with Crippen LogP contribution in [-0.4, -0.2) is 22.9 Å². The summed E-state index contributed by atoms with van der Waals surface area (Å²) >= 11 is 5.95. The Kier molecular flexibility index (Phi) is 3.96. The molecule has 24 heavy (non-hydrogen) atoms. The van der Waals surface area contributed by atoms with Crippen molar-refractivity contribution in [2.24, 2.45) is 0 Å². The zero-order valence-corrected chi connectivity index (χ0v) is 13.0. The number of esters is 1. The van der Waals surface area contributed by atoms with Crippen LogP contribution in [0.3, 0.4) is 0 Å². The van der Waals surface area contributed by atoms with Gasteiger partial charge in [0.25, 0.3) is 0 Å². The topological polar surface area (TPSA) is 44.1 Å². The van der Waals surface area contributed by atoms with Crippen molar-refractivity contribution < 1.29 is 22.7 Å². The molecule has 0 fully saturated rings. The van der Waals surface area contributed by atoms with E-state index >= 15 is 0 Å². The van der Waals surface area contributed by atoms with E-state index in [1.807, 2.05) is 0 Å². The molecular weight excluding hydrogens is 345 g/mol. The van der Waals surface area contributed by atoms with Crippen molar-refractivity contribution in [1.29, 1.82) is 0 Å². The molecular formula is C16H10ClF3N2O2. The molecule has 0 aliphatic carbocycles. The van der Waals surface area contributed by atoms with Crippen LogP contribution >= 0.6 is 11.6 Å². The molecule has 0 atom stereocenters. The quantitative estimate of drug-likeness (QED) is 0.637. The predicted molar refractivity (Wildman–Crippen MR) is 82.4 cm³/mol. The van der Waals surface area contributed by atoms with Crippen LogP contribution in [0.5, 0.6) is 0 Å². The van der Waals surface area contributed by atoms with Gasteiger partial charge in [0.05, 0.1) is 23.9 Å². The number of alkyl halides is 3. The van der Waals surface area contributed by atoms with E-state index in [-0.39, 0.29) is 5.69 Å². The molecule has 3 rings (SSSR count). The third-order valence-corrected chi connectivity index (χ3v) is 3.69. The van der Waals surface area contributed by atoms with E-state index in [2.05, 4.69) is 5.10 Å².